The van der Waals surface area contributed by atoms with Gasteiger partial charge in [-0.05, 0) is 26.3 Å². The van der Waals surface area contributed by atoms with Gasteiger partial charge in [0.15, 0.2) is 0 Å². The van der Waals surface area contributed by atoms with E-state index in [1.807, 2.05) is 6.92 Å². The van der Waals surface area contributed by atoms with Crippen molar-refractivity contribution in [1.29, 1.82) is 0 Å². The van der Waals surface area contributed by atoms with Crippen LogP contribution < -0.4 is 10.9 Å². The van der Waals surface area contributed by atoms with Crippen molar-refractivity contribution in [2.75, 3.05) is 32.7 Å². The summed E-state index contributed by atoms with van der Waals surface area (Å²) in [6.45, 7) is 5.69. The molecule has 0 aliphatic carbocycles. The monoisotopic (exact) mass is 278 g/mol. The minimum Gasteiger partial charge on any atom is -0.387 e. The molecule has 1 aromatic heterocycles. The Bertz CT molecular complexity index is 549. The molecule has 2 aliphatic rings. The van der Waals surface area contributed by atoms with Crippen molar-refractivity contribution in [1.82, 2.24) is 20.2 Å². The van der Waals surface area contributed by atoms with Crippen molar-refractivity contribution in [3.8, 4) is 0 Å². The number of rotatable bonds is 2. The molecule has 0 spiro atoms. The van der Waals surface area contributed by atoms with E-state index in [0.717, 1.165) is 43.7 Å². The van der Waals surface area contributed by atoms with Gasteiger partial charge in [-0.25, -0.2) is 4.98 Å². The maximum absolute atomic E-state index is 12.0. The summed E-state index contributed by atoms with van der Waals surface area (Å²) in [7, 11) is 0. The molecule has 0 bridgehead atoms. The van der Waals surface area contributed by atoms with Crippen molar-refractivity contribution < 1.29 is 5.11 Å². The van der Waals surface area contributed by atoms with Gasteiger partial charge < -0.3 is 15.4 Å². The Labute approximate surface area is 118 Å². The lowest BCUT2D eigenvalue weighted by molar-refractivity contribution is 0.0220. The molecule has 1 saturated heterocycles. The van der Waals surface area contributed by atoms with Gasteiger partial charge in [-0.2, -0.15) is 0 Å². The smallest absolute Gasteiger partial charge is 0.254 e. The van der Waals surface area contributed by atoms with Gasteiger partial charge in [0.25, 0.3) is 5.56 Å². The van der Waals surface area contributed by atoms with Crippen LogP contribution in [-0.4, -0.2) is 58.3 Å². The van der Waals surface area contributed by atoms with Crippen LogP contribution in [0.4, 0.5) is 0 Å². The first kappa shape index (κ1) is 13.7. The van der Waals surface area contributed by atoms with E-state index in [2.05, 4.69) is 20.2 Å². The van der Waals surface area contributed by atoms with E-state index in [1.165, 1.54) is 0 Å². The summed E-state index contributed by atoms with van der Waals surface area (Å²) in [5, 5.41) is 13.7. The van der Waals surface area contributed by atoms with Crippen molar-refractivity contribution in [2.24, 2.45) is 0 Å². The van der Waals surface area contributed by atoms with E-state index >= 15 is 0 Å². The number of hydrogen-bond acceptors (Lipinski definition) is 5. The second kappa shape index (κ2) is 5.27. The molecule has 6 nitrogen and oxygen atoms in total. The topological polar surface area (TPSA) is 81.2 Å². The second-order valence-corrected chi connectivity index (χ2v) is 6.00. The van der Waals surface area contributed by atoms with E-state index in [1.54, 1.807) is 0 Å². The summed E-state index contributed by atoms with van der Waals surface area (Å²) >= 11 is 0. The molecule has 6 heteroatoms. The van der Waals surface area contributed by atoms with Crippen molar-refractivity contribution in [3.05, 3.63) is 27.4 Å². The lowest BCUT2D eigenvalue weighted by Crippen LogP contribution is -2.45. The third-order valence-electron chi connectivity index (χ3n) is 4.30. The van der Waals surface area contributed by atoms with Gasteiger partial charge >= 0.3 is 0 Å². The molecule has 0 aromatic carbocycles. The van der Waals surface area contributed by atoms with Gasteiger partial charge in [-0.1, -0.05) is 0 Å². The number of nitrogens with zero attached hydrogens (tertiary/aromatic N) is 2. The predicted molar refractivity (Wildman–Crippen MR) is 75.9 cm³/mol. The zero-order valence-electron chi connectivity index (χ0n) is 11.9. The molecule has 1 atom stereocenters. The maximum Gasteiger partial charge on any atom is 0.254 e. The molecule has 3 rings (SSSR count). The Morgan fingerprint density at radius 3 is 2.95 bits per heavy atom. The maximum atomic E-state index is 12.0. The zero-order chi connectivity index (χ0) is 14.2. The lowest BCUT2D eigenvalue weighted by atomic mass is 10.0. The SMILES string of the molecule is Cc1nc2c(c(=O)[nH]1)CCN(CC1(O)CCNC1)CC2. The number of β-amino-alcohol motifs (C(OH)–C–C–N with tert-alkyl or cyclic N) is 1. The van der Waals surface area contributed by atoms with Gasteiger partial charge in [0.2, 0.25) is 0 Å². The summed E-state index contributed by atoms with van der Waals surface area (Å²) in [5.41, 5.74) is 1.11. The number of H-pyrrole nitrogens is 1. The molecular weight excluding hydrogens is 256 g/mol. The molecule has 1 unspecified atom stereocenters. The molecule has 20 heavy (non-hydrogen) atoms. The zero-order valence-corrected chi connectivity index (χ0v) is 11.9. The molecule has 0 radical (unpaired) electrons. The quantitative estimate of drug-likeness (QED) is 0.660. The minimum atomic E-state index is -0.619. The normalized spacial score (nSPS) is 27.3. The summed E-state index contributed by atoms with van der Waals surface area (Å²) in [4.78, 5) is 21.5. The third-order valence-corrected chi connectivity index (χ3v) is 4.30. The highest BCUT2D eigenvalue weighted by Gasteiger charge is 2.33. The number of aromatic nitrogens is 2. The lowest BCUT2D eigenvalue weighted by Gasteiger charge is -2.29. The van der Waals surface area contributed by atoms with Crippen LogP contribution in [0.15, 0.2) is 4.79 Å². The molecule has 3 N–H and O–H groups in total. The third kappa shape index (κ3) is 2.77. The Kier molecular flexibility index (Phi) is 3.62. The second-order valence-electron chi connectivity index (χ2n) is 6.00. The number of aliphatic hydroxyl groups is 1. The molecular formula is C14H22N4O2. The van der Waals surface area contributed by atoms with Gasteiger partial charge in [0.1, 0.15) is 5.82 Å². The van der Waals surface area contributed by atoms with E-state index in [0.29, 0.717) is 25.3 Å². The summed E-state index contributed by atoms with van der Waals surface area (Å²) in [5.74, 6) is 0.681. The number of hydrogen-bond donors (Lipinski definition) is 3. The van der Waals surface area contributed by atoms with E-state index in [-0.39, 0.29) is 5.56 Å². The number of fused-ring (bicyclic) bond motifs is 1. The molecule has 3 heterocycles. The van der Waals surface area contributed by atoms with Gasteiger partial charge in [0.05, 0.1) is 11.3 Å². The Morgan fingerprint density at radius 2 is 2.20 bits per heavy atom. The van der Waals surface area contributed by atoms with Gasteiger partial charge in [-0.15, -0.1) is 0 Å². The largest absolute Gasteiger partial charge is 0.387 e. The van der Waals surface area contributed by atoms with Crippen LogP contribution in [0, 0.1) is 6.92 Å². The Balaban J connectivity index is 1.72. The highest BCUT2D eigenvalue weighted by atomic mass is 16.3. The van der Waals surface area contributed by atoms with Crippen molar-refractivity contribution >= 4 is 0 Å². The highest BCUT2D eigenvalue weighted by molar-refractivity contribution is 5.20. The van der Waals surface area contributed by atoms with Gasteiger partial charge in [0, 0.05) is 38.2 Å². The van der Waals surface area contributed by atoms with Crippen LogP contribution in [0.5, 0.6) is 0 Å². The molecule has 1 fully saturated rings. The molecule has 2 aliphatic heterocycles. The van der Waals surface area contributed by atoms with Crippen LogP contribution in [0.3, 0.4) is 0 Å². The first-order valence-corrected chi connectivity index (χ1v) is 7.30. The van der Waals surface area contributed by atoms with Crippen LogP contribution in [0.2, 0.25) is 0 Å². The fraction of sp³-hybridized carbons (Fsp3) is 0.714. The van der Waals surface area contributed by atoms with Crippen LogP contribution >= 0.6 is 0 Å². The van der Waals surface area contributed by atoms with E-state index in [4.69, 9.17) is 0 Å². The van der Waals surface area contributed by atoms with Crippen molar-refractivity contribution in [3.63, 3.8) is 0 Å². The van der Waals surface area contributed by atoms with Gasteiger partial charge in [-0.3, -0.25) is 9.69 Å². The van der Waals surface area contributed by atoms with Crippen LogP contribution in [-0.2, 0) is 12.8 Å². The average Bonchev–Trinajstić information content (AvgIpc) is 2.70. The van der Waals surface area contributed by atoms with E-state index < -0.39 is 5.60 Å². The average molecular weight is 278 g/mol. The molecule has 0 saturated carbocycles. The number of aryl methyl sites for hydroxylation is 1. The predicted octanol–water partition coefficient (Wildman–Crippen LogP) is -0.797. The minimum absolute atomic E-state index is 0.00408. The Morgan fingerprint density at radius 1 is 1.40 bits per heavy atom. The first-order valence-electron chi connectivity index (χ1n) is 7.30. The number of aromatic amines is 1. The fourth-order valence-electron chi connectivity index (χ4n) is 3.22. The van der Waals surface area contributed by atoms with E-state index in [9.17, 15) is 9.90 Å². The van der Waals surface area contributed by atoms with Crippen molar-refractivity contribution in [2.45, 2.75) is 31.8 Å². The highest BCUT2D eigenvalue weighted by Crippen LogP contribution is 2.18. The summed E-state index contributed by atoms with van der Waals surface area (Å²) < 4.78 is 0. The number of nitrogens with one attached hydrogen (secondary N) is 2. The fourth-order valence-corrected chi connectivity index (χ4v) is 3.22. The molecule has 0 amide bonds. The van der Waals surface area contributed by atoms with Crippen LogP contribution in [0.1, 0.15) is 23.5 Å². The Hall–Kier alpha value is -1.24. The first-order chi connectivity index (χ1) is 9.56. The molecule has 110 valence electrons. The summed E-state index contributed by atoms with van der Waals surface area (Å²) in [6, 6.07) is 0. The molecule has 1 aromatic rings. The standard InChI is InChI=1S/C14H22N4O2/c1-10-16-12-3-7-18(6-2-11(12)13(19)17-10)9-14(20)4-5-15-8-14/h15,20H,2-9H2,1H3,(H,16,17,19). The van der Waals surface area contributed by atoms with Crippen LogP contribution in [0.25, 0.3) is 0 Å². The summed E-state index contributed by atoms with van der Waals surface area (Å²) in [6.07, 6.45) is 2.29.